The number of carbonyl (C=O) groups excluding carboxylic acids is 2. The number of rotatable bonds is 4. The molecule has 0 bridgehead atoms. The van der Waals surface area contributed by atoms with Crippen molar-refractivity contribution in [3.8, 4) is 0 Å². The maximum atomic E-state index is 13.2. The molecule has 0 radical (unpaired) electrons. The monoisotopic (exact) mass is 316 g/mol. The van der Waals surface area contributed by atoms with Crippen molar-refractivity contribution in [2.24, 2.45) is 0 Å². The highest BCUT2D eigenvalue weighted by Crippen LogP contribution is 2.26. The van der Waals surface area contributed by atoms with Crippen LogP contribution in [0.25, 0.3) is 0 Å². The minimum absolute atomic E-state index is 0.0272. The van der Waals surface area contributed by atoms with Crippen LogP contribution in [0.4, 0.5) is 8.78 Å². The Kier molecular flexibility index (Phi) is 4.31. The smallest absolute Gasteiger partial charge is 0.262 e. The van der Waals surface area contributed by atoms with Gasteiger partial charge in [0.1, 0.15) is 0 Å². The lowest BCUT2D eigenvalue weighted by atomic mass is 10.1. The van der Waals surface area contributed by atoms with E-state index in [1.165, 1.54) is 0 Å². The van der Waals surface area contributed by atoms with E-state index in [4.69, 9.17) is 0 Å². The van der Waals surface area contributed by atoms with Crippen LogP contribution in [-0.2, 0) is 9.59 Å². The molecule has 3 aliphatic rings. The first kappa shape index (κ1) is 15.6. The summed E-state index contributed by atoms with van der Waals surface area (Å²) in [5, 5.41) is 5.53. The molecule has 2 aliphatic heterocycles. The first-order valence-electron chi connectivity index (χ1n) is 7.85. The van der Waals surface area contributed by atoms with Crippen LogP contribution in [0.5, 0.6) is 0 Å². The van der Waals surface area contributed by atoms with E-state index in [0.717, 1.165) is 12.8 Å². The Balaban J connectivity index is 1.41. The lowest BCUT2D eigenvalue weighted by molar-refractivity contribution is -0.135. The minimum Gasteiger partial charge on any atom is -0.352 e. The van der Waals surface area contributed by atoms with Crippen LogP contribution in [0, 0.1) is 0 Å². The Morgan fingerprint density at radius 2 is 1.86 bits per heavy atom. The first-order valence-corrected chi connectivity index (χ1v) is 7.85. The zero-order valence-corrected chi connectivity index (χ0v) is 12.5. The fourth-order valence-electron chi connectivity index (χ4n) is 2.94. The van der Waals surface area contributed by atoms with Gasteiger partial charge in [-0.25, -0.2) is 8.78 Å². The van der Waals surface area contributed by atoms with Crippen molar-refractivity contribution in [2.75, 3.05) is 39.3 Å². The summed E-state index contributed by atoms with van der Waals surface area (Å²) in [6.45, 7) is 2.10. The Labute approximate surface area is 128 Å². The van der Waals surface area contributed by atoms with Gasteiger partial charge in [-0.3, -0.25) is 19.8 Å². The molecule has 1 aliphatic carbocycles. The zero-order valence-electron chi connectivity index (χ0n) is 12.5. The van der Waals surface area contributed by atoms with Gasteiger partial charge in [-0.15, -0.1) is 0 Å². The number of piperazine rings is 1. The fraction of sp³-hybridized carbons (Fsp3) is 0.857. The van der Waals surface area contributed by atoms with Crippen molar-refractivity contribution in [3.63, 3.8) is 0 Å². The molecule has 2 amide bonds. The van der Waals surface area contributed by atoms with Crippen molar-refractivity contribution in [1.29, 1.82) is 0 Å². The lowest BCUT2D eigenvalue weighted by Gasteiger charge is -2.35. The Morgan fingerprint density at radius 3 is 2.41 bits per heavy atom. The molecule has 0 aromatic heterocycles. The average Bonchev–Trinajstić information content (AvgIpc) is 3.20. The zero-order chi connectivity index (χ0) is 15.7. The van der Waals surface area contributed by atoms with Gasteiger partial charge >= 0.3 is 0 Å². The van der Waals surface area contributed by atoms with E-state index < -0.39 is 24.9 Å². The fourth-order valence-corrected chi connectivity index (χ4v) is 2.94. The SMILES string of the molecule is O=C(CN1CCN(C(=O)C2CC(F)(F)CN2)CC1)NC1CC1. The van der Waals surface area contributed by atoms with Gasteiger partial charge in [-0.1, -0.05) is 0 Å². The van der Waals surface area contributed by atoms with Gasteiger partial charge in [0.15, 0.2) is 0 Å². The summed E-state index contributed by atoms with van der Waals surface area (Å²) in [5.41, 5.74) is 0. The molecule has 22 heavy (non-hydrogen) atoms. The van der Waals surface area contributed by atoms with Crippen molar-refractivity contribution in [1.82, 2.24) is 20.4 Å². The molecule has 8 heteroatoms. The maximum absolute atomic E-state index is 13.2. The topological polar surface area (TPSA) is 64.7 Å². The highest BCUT2D eigenvalue weighted by molar-refractivity contribution is 5.82. The standard InChI is InChI=1S/C14H22F2N4O2/c15-14(16)7-11(17-9-14)13(22)20-5-3-19(4-6-20)8-12(21)18-10-1-2-10/h10-11,17H,1-9H2,(H,18,21). The molecule has 2 saturated heterocycles. The molecular formula is C14H22F2N4O2. The minimum atomic E-state index is -2.79. The summed E-state index contributed by atoms with van der Waals surface area (Å²) in [4.78, 5) is 27.6. The molecular weight excluding hydrogens is 294 g/mol. The number of halogens is 2. The second-order valence-electron chi connectivity index (χ2n) is 6.44. The summed E-state index contributed by atoms with van der Waals surface area (Å²) < 4.78 is 26.3. The quantitative estimate of drug-likeness (QED) is 0.727. The van der Waals surface area contributed by atoms with Crippen molar-refractivity contribution in [2.45, 2.75) is 37.3 Å². The van der Waals surface area contributed by atoms with Crippen LogP contribution >= 0.6 is 0 Å². The van der Waals surface area contributed by atoms with Gasteiger partial charge in [0.2, 0.25) is 11.8 Å². The molecule has 0 aromatic rings. The predicted octanol–water partition coefficient (Wildman–Crippen LogP) is -0.594. The molecule has 1 atom stereocenters. The van der Waals surface area contributed by atoms with Crippen molar-refractivity contribution in [3.05, 3.63) is 0 Å². The maximum Gasteiger partial charge on any atom is 0.262 e. The van der Waals surface area contributed by atoms with E-state index in [-0.39, 0.29) is 11.8 Å². The van der Waals surface area contributed by atoms with Crippen LogP contribution in [0.15, 0.2) is 0 Å². The molecule has 1 saturated carbocycles. The van der Waals surface area contributed by atoms with Gasteiger partial charge in [-0.05, 0) is 12.8 Å². The van der Waals surface area contributed by atoms with Gasteiger partial charge < -0.3 is 10.2 Å². The lowest BCUT2D eigenvalue weighted by Crippen LogP contribution is -2.54. The molecule has 6 nitrogen and oxygen atoms in total. The second kappa shape index (κ2) is 6.08. The number of hydrogen-bond donors (Lipinski definition) is 2. The van der Waals surface area contributed by atoms with E-state index in [1.54, 1.807) is 4.90 Å². The number of alkyl halides is 2. The predicted molar refractivity (Wildman–Crippen MR) is 75.5 cm³/mol. The molecule has 2 heterocycles. The van der Waals surface area contributed by atoms with Crippen molar-refractivity contribution < 1.29 is 18.4 Å². The third-order valence-corrected chi connectivity index (χ3v) is 4.40. The average molecular weight is 316 g/mol. The highest BCUT2D eigenvalue weighted by Gasteiger charge is 2.43. The number of amides is 2. The van der Waals surface area contributed by atoms with Crippen LogP contribution in [0.2, 0.25) is 0 Å². The summed E-state index contributed by atoms with van der Waals surface area (Å²) >= 11 is 0. The highest BCUT2D eigenvalue weighted by atomic mass is 19.3. The number of nitrogens with one attached hydrogen (secondary N) is 2. The first-order chi connectivity index (χ1) is 10.4. The van der Waals surface area contributed by atoms with E-state index in [9.17, 15) is 18.4 Å². The van der Waals surface area contributed by atoms with Gasteiger partial charge in [0.25, 0.3) is 5.92 Å². The molecule has 0 spiro atoms. The van der Waals surface area contributed by atoms with Crippen LogP contribution < -0.4 is 10.6 Å². The van der Waals surface area contributed by atoms with E-state index in [1.807, 2.05) is 4.90 Å². The van der Waals surface area contributed by atoms with E-state index in [0.29, 0.717) is 38.8 Å². The summed E-state index contributed by atoms with van der Waals surface area (Å²) in [5.74, 6) is -3.01. The molecule has 124 valence electrons. The van der Waals surface area contributed by atoms with Gasteiger partial charge in [0, 0.05) is 38.6 Å². The van der Waals surface area contributed by atoms with E-state index in [2.05, 4.69) is 10.6 Å². The van der Waals surface area contributed by atoms with Crippen LogP contribution in [0.1, 0.15) is 19.3 Å². The number of carbonyl (C=O) groups is 2. The Hall–Kier alpha value is -1.28. The van der Waals surface area contributed by atoms with Crippen molar-refractivity contribution >= 4 is 11.8 Å². The Bertz CT molecular complexity index is 448. The molecule has 3 rings (SSSR count). The molecule has 0 aromatic carbocycles. The summed E-state index contributed by atoms with van der Waals surface area (Å²) in [6, 6.07) is -0.426. The normalized spacial score (nSPS) is 28.6. The largest absolute Gasteiger partial charge is 0.352 e. The molecule has 2 N–H and O–H groups in total. The third-order valence-electron chi connectivity index (χ3n) is 4.40. The van der Waals surface area contributed by atoms with Crippen LogP contribution in [-0.4, -0.2) is 78.9 Å². The summed E-state index contributed by atoms with van der Waals surface area (Å²) in [6.07, 6.45) is 1.70. The molecule has 1 unspecified atom stereocenters. The second-order valence-corrected chi connectivity index (χ2v) is 6.44. The Morgan fingerprint density at radius 1 is 1.18 bits per heavy atom. The van der Waals surface area contributed by atoms with E-state index >= 15 is 0 Å². The molecule has 3 fully saturated rings. The third kappa shape index (κ3) is 3.92. The van der Waals surface area contributed by atoms with Gasteiger partial charge in [0.05, 0.1) is 19.1 Å². The van der Waals surface area contributed by atoms with Gasteiger partial charge in [-0.2, -0.15) is 0 Å². The number of nitrogens with zero attached hydrogens (tertiary/aromatic N) is 2. The number of hydrogen-bond acceptors (Lipinski definition) is 4. The van der Waals surface area contributed by atoms with Crippen LogP contribution in [0.3, 0.4) is 0 Å². The summed E-state index contributed by atoms with van der Waals surface area (Å²) in [7, 11) is 0.